The standard InChI is InChI=1S/C8H18N2S/c1-4-5-10-6-7-11-8(10)9(2)3/h8H,4-7H2,1-3H3. The molecule has 0 aromatic rings. The summed E-state index contributed by atoms with van der Waals surface area (Å²) in [6.07, 6.45) is 1.27. The molecule has 1 saturated heterocycles. The molecule has 11 heavy (non-hydrogen) atoms. The molecule has 3 heteroatoms. The molecule has 1 heterocycles. The summed E-state index contributed by atoms with van der Waals surface area (Å²) in [7, 11) is 4.32. The van der Waals surface area contributed by atoms with E-state index < -0.39 is 0 Å². The maximum atomic E-state index is 2.55. The molecule has 0 spiro atoms. The van der Waals surface area contributed by atoms with Gasteiger partial charge in [0.1, 0.15) is 5.50 Å². The van der Waals surface area contributed by atoms with Crippen LogP contribution in [0.5, 0.6) is 0 Å². The van der Waals surface area contributed by atoms with E-state index in [0.29, 0.717) is 5.50 Å². The lowest BCUT2D eigenvalue weighted by Gasteiger charge is -2.28. The van der Waals surface area contributed by atoms with Gasteiger partial charge in [-0.15, -0.1) is 11.8 Å². The first-order chi connectivity index (χ1) is 5.25. The highest BCUT2D eigenvalue weighted by Gasteiger charge is 2.25. The van der Waals surface area contributed by atoms with Gasteiger partial charge in [0, 0.05) is 18.8 Å². The van der Waals surface area contributed by atoms with Crippen LogP contribution in [-0.4, -0.2) is 48.2 Å². The van der Waals surface area contributed by atoms with Crippen molar-refractivity contribution in [2.75, 3.05) is 32.9 Å². The maximum absolute atomic E-state index is 2.55. The fourth-order valence-corrected chi connectivity index (χ4v) is 2.75. The van der Waals surface area contributed by atoms with Crippen LogP contribution in [-0.2, 0) is 0 Å². The monoisotopic (exact) mass is 174 g/mol. The van der Waals surface area contributed by atoms with Crippen LogP contribution in [0.4, 0.5) is 0 Å². The molecule has 0 radical (unpaired) electrons. The van der Waals surface area contributed by atoms with Crippen molar-refractivity contribution < 1.29 is 0 Å². The van der Waals surface area contributed by atoms with Crippen molar-refractivity contribution in [2.45, 2.75) is 18.8 Å². The van der Waals surface area contributed by atoms with Crippen molar-refractivity contribution in [3.63, 3.8) is 0 Å². The summed E-state index contributed by atoms with van der Waals surface area (Å²) in [6, 6.07) is 0. The van der Waals surface area contributed by atoms with Crippen molar-refractivity contribution in [1.29, 1.82) is 0 Å². The molecule has 1 unspecified atom stereocenters. The molecule has 1 aliphatic heterocycles. The molecule has 0 bridgehead atoms. The van der Waals surface area contributed by atoms with E-state index >= 15 is 0 Å². The van der Waals surface area contributed by atoms with Crippen LogP contribution in [0, 0.1) is 0 Å². The molecule has 0 N–H and O–H groups in total. The zero-order valence-electron chi connectivity index (χ0n) is 7.71. The molecule has 0 aromatic carbocycles. The normalized spacial score (nSPS) is 26.7. The minimum Gasteiger partial charge on any atom is -0.286 e. The summed E-state index contributed by atoms with van der Waals surface area (Å²) in [5, 5.41) is 0. The van der Waals surface area contributed by atoms with E-state index in [1.807, 2.05) is 0 Å². The van der Waals surface area contributed by atoms with E-state index in [1.54, 1.807) is 0 Å². The topological polar surface area (TPSA) is 6.48 Å². The Labute approximate surface area is 73.9 Å². The molecule has 1 aliphatic rings. The van der Waals surface area contributed by atoms with E-state index in [2.05, 4.69) is 42.6 Å². The lowest BCUT2D eigenvalue weighted by atomic mass is 10.4. The van der Waals surface area contributed by atoms with Crippen LogP contribution in [0.3, 0.4) is 0 Å². The van der Waals surface area contributed by atoms with E-state index in [4.69, 9.17) is 0 Å². The average Bonchev–Trinajstić information content (AvgIpc) is 2.36. The number of hydrogen-bond acceptors (Lipinski definition) is 3. The van der Waals surface area contributed by atoms with Gasteiger partial charge in [-0.1, -0.05) is 6.92 Å². The minimum absolute atomic E-state index is 0.634. The second-order valence-corrected chi connectivity index (χ2v) is 4.36. The second kappa shape index (κ2) is 4.33. The molecule has 0 saturated carbocycles. The highest BCUT2D eigenvalue weighted by molar-refractivity contribution is 8.00. The summed E-state index contributed by atoms with van der Waals surface area (Å²) in [6.45, 7) is 4.76. The molecule has 1 fully saturated rings. The smallest absolute Gasteiger partial charge is 0.110 e. The summed E-state index contributed by atoms with van der Waals surface area (Å²) in [5.74, 6) is 1.29. The summed E-state index contributed by atoms with van der Waals surface area (Å²) in [4.78, 5) is 4.85. The van der Waals surface area contributed by atoms with E-state index in [9.17, 15) is 0 Å². The Hall–Kier alpha value is 0.270. The van der Waals surface area contributed by atoms with Gasteiger partial charge in [-0.05, 0) is 20.5 Å². The van der Waals surface area contributed by atoms with Crippen LogP contribution < -0.4 is 0 Å². The third-order valence-corrected chi connectivity index (χ3v) is 3.35. The molecular weight excluding hydrogens is 156 g/mol. The van der Waals surface area contributed by atoms with Crippen molar-refractivity contribution in [3.05, 3.63) is 0 Å². The number of thioether (sulfide) groups is 1. The van der Waals surface area contributed by atoms with Gasteiger partial charge in [0.05, 0.1) is 0 Å². The summed E-state index contributed by atoms with van der Waals surface area (Å²) in [5.41, 5.74) is 0.634. The number of hydrogen-bond donors (Lipinski definition) is 0. The SMILES string of the molecule is CCCN1CCSC1N(C)C. The quantitative estimate of drug-likeness (QED) is 0.636. The number of nitrogens with zero attached hydrogens (tertiary/aromatic N) is 2. The summed E-state index contributed by atoms with van der Waals surface area (Å²) < 4.78 is 0. The van der Waals surface area contributed by atoms with Crippen molar-refractivity contribution >= 4 is 11.8 Å². The largest absolute Gasteiger partial charge is 0.286 e. The zero-order valence-corrected chi connectivity index (χ0v) is 8.52. The van der Waals surface area contributed by atoms with Gasteiger partial charge < -0.3 is 0 Å². The Morgan fingerprint density at radius 2 is 2.27 bits per heavy atom. The first-order valence-electron chi connectivity index (χ1n) is 4.27. The highest BCUT2D eigenvalue weighted by atomic mass is 32.2. The van der Waals surface area contributed by atoms with E-state index in [1.165, 1.54) is 25.3 Å². The zero-order chi connectivity index (χ0) is 8.27. The molecule has 1 rings (SSSR count). The molecule has 2 nitrogen and oxygen atoms in total. The van der Waals surface area contributed by atoms with Gasteiger partial charge in [-0.25, -0.2) is 0 Å². The van der Waals surface area contributed by atoms with Crippen molar-refractivity contribution in [1.82, 2.24) is 9.80 Å². The van der Waals surface area contributed by atoms with Crippen LogP contribution in [0.1, 0.15) is 13.3 Å². The molecular formula is C8H18N2S. The predicted molar refractivity (Wildman–Crippen MR) is 51.8 cm³/mol. The van der Waals surface area contributed by atoms with Gasteiger partial charge in [-0.3, -0.25) is 9.80 Å². The Bertz CT molecular complexity index is 117. The lowest BCUT2D eigenvalue weighted by molar-refractivity contribution is 0.168. The van der Waals surface area contributed by atoms with E-state index in [-0.39, 0.29) is 0 Å². The fourth-order valence-electron chi connectivity index (χ4n) is 1.48. The van der Waals surface area contributed by atoms with Crippen LogP contribution in [0.25, 0.3) is 0 Å². The molecule has 66 valence electrons. The van der Waals surface area contributed by atoms with Gasteiger partial charge in [0.25, 0.3) is 0 Å². The minimum atomic E-state index is 0.634. The van der Waals surface area contributed by atoms with Gasteiger partial charge in [0.15, 0.2) is 0 Å². The predicted octanol–water partition coefficient (Wildman–Crippen LogP) is 1.29. The Balaban J connectivity index is 2.37. The fraction of sp³-hybridized carbons (Fsp3) is 1.00. The van der Waals surface area contributed by atoms with Crippen molar-refractivity contribution in [3.8, 4) is 0 Å². The summed E-state index contributed by atoms with van der Waals surface area (Å²) >= 11 is 2.05. The first kappa shape index (κ1) is 9.36. The molecule has 1 atom stereocenters. The Morgan fingerprint density at radius 3 is 2.82 bits per heavy atom. The molecule has 0 aliphatic carbocycles. The second-order valence-electron chi connectivity index (χ2n) is 3.20. The number of rotatable bonds is 3. The van der Waals surface area contributed by atoms with E-state index in [0.717, 1.165) is 0 Å². The van der Waals surface area contributed by atoms with Gasteiger partial charge >= 0.3 is 0 Å². The third kappa shape index (κ3) is 2.36. The van der Waals surface area contributed by atoms with Crippen LogP contribution >= 0.6 is 11.8 Å². The Kier molecular flexibility index (Phi) is 3.69. The maximum Gasteiger partial charge on any atom is 0.110 e. The van der Waals surface area contributed by atoms with Crippen LogP contribution in [0.2, 0.25) is 0 Å². The van der Waals surface area contributed by atoms with Gasteiger partial charge in [0.2, 0.25) is 0 Å². The molecule has 0 aromatic heterocycles. The average molecular weight is 174 g/mol. The van der Waals surface area contributed by atoms with Gasteiger partial charge in [-0.2, -0.15) is 0 Å². The van der Waals surface area contributed by atoms with Crippen LogP contribution in [0.15, 0.2) is 0 Å². The molecule has 0 amide bonds. The first-order valence-corrected chi connectivity index (χ1v) is 5.32. The van der Waals surface area contributed by atoms with Crippen molar-refractivity contribution in [2.24, 2.45) is 0 Å². The Morgan fingerprint density at radius 1 is 1.55 bits per heavy atom. The third-order valence-electron chi connectivity index (χ3n) is 1.91. The lowest BCUT2D eigenvalue weighted by Crippen LogP contribution is -2.39. The highest BCUT2D eigenvalue weighted by Crippen LogP contribution is 2.24.